The lowest BCUT2D eigenvalue weighted by atomic mass is 9.96. The Bertz CT molecular complexity index is 448. The first-order valence-corrected chi connectivity index (χ1v) is 5.30. The number of hydrogen-bond donors (Lipinski definition) is 2. The summed E-state index contributed by atoms with van der Waals surface area (Å²) in [5.74, 6) is -0.736. The Balaban J connectivity index is 2.46. The topological polar surface area (TPSA) is 66.8 Å². The van der Waals surface area contributed by atoms with Crippen LogP contribution in [0.25, 0.3) is 0 Å². The molecule has 2 atom stereocenters. The van der Waals surface area contributed by atoms with E-state index in [-0.39, 0.29) is 12.2 Å². The predicted octanol–water partition coefficient (Wildman–Crippen LogP) is 2.26. The Morgan fingerprint density at radius 1 is 1.56 bits per heavy atom. The van der Waals surface area contributed by atoms with Crippen LogP contribution >= 0.6 is 23.2 Å². The number of phenolic OH excluding ortho intramolecular Hbond substituents is 1. The molecule has 0 radical (unpaired) electrons. The lowest BCUT2D eigenvalue weighted by Gasteiger charge is -2.21. The summed E-state index contributed by atoms with van der Waals surface area (Å²) in [7, 11) is 0. The fourth-order valence-electron chi connectivity index (χ4n) is 1.67. The van der Waals surface area contributed by atoms with Crippen LogP contribution in [0.4, 0.5) is 0 Å². The van der Waals surface area contributed by atoms with E-state index in [1.165, 1.54) is 18.2 Å². The second-order valence-corrected chi connectivity index (χ2v) is 4.62. The van der Waals surface area contributed by atoms with Crippen LogP contribution < -0.4 is 4.74 Å². The Morgan fingerprint density at radius 2 is 2.25 bits per heavy atom. The van der Waals surface area contributed by atoms with Gasteiger partial charge in [-0.25, -0.2) is 0 Å². The highest BCUT2D eigenvalue weighted by molar-refractivity contribution is 6.33. The summed E-state index contributed by atoms with van der Waals surface area (Å²) in [5, 5.41) is 18.0. The molecule has 1 aromatic carbocycles. The van der Waals surface area contributed by atoms with Gasteiger partial charge in [-0.1, -0.05) is 11.6 Å². The number of aliphatic carboxylic acids is 1. The molecule has 0 spiro atoms. The number of hydrogen-bond acceptors (Lipinski definition) is 3. The van der Waals surface area contributed by atoms with E-state index in [0.717, 1.165) is 0 Å². The van der Waals surface area contributed by atoms with E-state index in [4.69, 9.17) is 33.0 Å². The normalized spacial score (nSPS) is 27.2. The molecular formula is C10H8Cl2O4. The number of carbonyl (C=O) groups is 1. The summed E-state index contributed by atoms with van der Waals surface area (Å²) in [4.78, 5) is 9.44. The molecule has 6 heteroatoms. The second kappa shape index (κ2) is 3.71. The molecule has 4 nitrogen and oxygen atoms in total. The van der Waals surface area contributed by atoms with Crippen molar-refractivity contribution in [1.29, 1.82) is 0 Å². The van der Waals surface area contributed by atoms with Crippen LogP contribution in [0, 0.1) is 0 Å². The van der Waals surface area contributed by atoms with Crippen molar-refractivity contribution in [3.63, 3.8) is 0 Å². The van der Waals surface area contributed by atoms with E-state index in [0.29, 0.717) is 11.3 Å². The van der Waals surface area contributed by atoms with Crippen molar-refractivity contribution in [3.05, 3.63) is 23.8 Å². The summed E-state index contributed by atoms with van der Waals surface area (Å²) in [6, 6.07) is 4.29. The van der Waals surface area contributed by atoms with Crippen molar-refractivity contribution in [2.24, 2.45) is 0 Å². The van der Waals surface area contributed by atoms with Crippen LogP contribution in [0.1, 0.15) is 12.0 Å². The molecule has 0 bridgehead atoms. The predicted molar refractivity (Wildman–Crippen MR) is 58.2 cm³/mol. The number of fused-ring (bicyclic) bond motifs is 1. The molecule has 1 aliphatic heterocycles. The van der Waals surface area contributed by atoms with Gasteiger partial charge in [0.15, 0.2) is 5.56 Å². The zero-order valence-corrected chi connectivity index (χ0v) is 9.50. The number of carboxylic acids is 1. The summed E-state index contributed by atoms with van der Waals surface area (Å²) >= 11 is 12.1. The van der Waals surface area contributed by atoms with Crippen LogP contribution in [0.5, 0.6) is 11.5 Å². The molecule has 2 N–H and O–H groups in total. The highest BCUT2D eigenvalue weighted by Crippen LogP contribution is 2.50. The quantitative estimate of drug-likeness (QED) is 0.803. The molecule has 0 aliphatic carbocycles. The number of carboxylic acid groups (broad SMARTS) is 1. The van der Waals surface area contributed by atoms with Crippen molar-refractivity contribution in [2.45, 2.75) is 16.9 Å². The summed E-state index contributed by atoms with van der Waals surface area (Å²) in [6.45, 7) is 0. The molecule has 1 aliphatic rings. The third-order valence-corrected chi connectivity index (χ3v) is 3.52. The number of halogens is 2. The smallest absolute Gasteiger partial charge is 0.305 e. The minimum atomic E-state index is -1.30. The Labute approximate surface area is 101 Å². The number of aromatic hydroxyl groups is 1. The summed E-state index contributed by atoms with van der Waals surface area (Å²) in [6.07, 6.45) is -0.347. The number of alkyl halides is 2. The van der Waals surface area contributed by atoms with Gasteiger partial charge in [-0.05, 0) is 12.1 Å². The average Bonchev–Trinajstić information content (AvgIpc) is 2.37. The van der Waals surface area contributed by atoms with E-state index in [2.05, 4.69) is 0 Å². The van der Waals surface area contributed by atoms with Gasteiger partial charge in [0.05, 0.1) is 6.42 Å². The van der Waals surface area contributed by atoms with E-state index < -0.39 is 16.4 Å². The Morgan fingerprint density at radius 3 is 2.88 bits per heavy atom. The van der Waals surface area contributed by atoms with Crippen LogP contribution in [-0.4, -0.2) is 21.7 Å². The van der Waals surface area contributed by atoms with Gasteiger partial charge in [0.25, 0.3) is 0 Å². The molecule has 0 saturated heterocycles. The standard InChI is InChI=1S/C10H8Cl2O4/c11-9-10(12,4-8(14)15)6-2-1-5(13)3-7(6)16-9/h1-3,9,13H,4H2,(H,14,15). The molecule has 86 valence electrons. The van der Waals surface area contributed by atoms with Crippen molar-refractivity contribution < 1.29 is 19.7 Å². The minimum absolute atomic E-state index is 0.0128. The maximum atomic E-state index is 10.7. The lowest BCUT2D eigenvalue weighted by molar-refractivity contribution is -0.138. The number of ether oxygens (including phenoxy) is 1. The number of rotatable bonds is 2. The fraction of sp³-hybridized carbons (Fsp3) is 0.300. The summed E-state index contributed by atoms with van der Waals surface area (Å²) in [5.41, 5.74) is -0.489. The van der Waals surface area contributed by atoms with E-state index in [1.807, 2.05) is 0 Å². The van der Waals surface area contributed by atoms with Crippen LogP contribution in [-0.2, 0) is 9.67 Å². The molecule has 0 fully saturated rings. The molecule has 0 saturated carbocycles. The van der Waals surface area contributed by atoms with Crippen molar-refractivity contribution >= 4 is 29.2 Å². The van der Waals surface area contributed by atoms with E-state index in [1.54, 1.807) is 0 Å². The van der Waals surface area contributed by atoms with E-state index in [9.17, 15) is 9.90 Å². The maximum absolute atomic E-state index is 10.7. The molecule has 0 aromatic heterocycles. The Hall–Kier alpha value is -1.13. The average molecular weight is 263 g/mol. The molecule has 1 aromatic rings. The summed E-state index contributed by atoms with van der Waals surface area (Å²) < 4.78 is 5.21. The monoisotopic (exact) mass is 262 g/mol. The zero-order valence-electron chi connectivity index (χ0n) is 7.98. The van der Waals surface area contributed by atoms with Gasteiger partial charge >= 0.3 is 5.97 Å². The molecule has 0 amide bonds. The maximum Gasteiger partial charge on any atom is 0.305 e. The van der Waals surface area contributed by atoms with Crippen LogP contribution in [0.2, 0.25) is 0 Å². The SMILES string of the molecule is O=C(O)CC1(Cl)c2ccc(O)cc2OC1Cl. The molecule has 2 unspecified atom stereocenters. The van der Waals surface area contributed by atoms with Gasteiger partial charge < -0.3 is 14.9 Å². The third-order valence-electron chi connectivity index (χ3n) is 2.41. The molecule has 1 heterocycles. The van der Waals surface area contributed by atoms with Crippen LogP contribution in [0.15, 0.2) is 18.2 Å². The van der Waals surface area contributed by atoms with E-state index >= 15 is 0 Å². The van der Waals surface area contributed by atoms with Gasteiger partial charge in [-0.3, -0.25) is 4.79 Å². The Kier molecular flexibility index (Phi) is 2.64. The van der Waals surface area contributed by atoms with Crippen molar-refractivity contribution in [3.8, 4) is 11.5 Å². The molecule has 2 rings (SSSR count). The molecule has 16 heavy (non-hydrogen) atoms. The first-order valence-electron chi connectivity index (χ1n) is 4.48. The minimum Gasteiger partial charge on any atom is -0.508 e. The van der Waals surface area contributed by atoms with Gasteiger partial charge in [0.2, 0.25) is 0 Å². The fourth-order valence-corrected chi connectivity index (χ4v) is 2.28. The lowest BCUT2D eigenvalue weighted by Crippen LogP contribution is -2.30. The van der Waals surface area contributed by atoms with Gasteiger partial charge in [-0.15, -0.1) is 11.6 Å². The number of benzene rings is 1. The van der Waals surface area contributed by atoms with Crippen molar-refractivity contribution in [2.75, 3.05) is 0 Å². The van der Waals surface area contributed by atoms with Gasteiger partial charge in [-0.2, -0.15) is 0 Å². The van der Waals surface area contributed by atoms with Gasteiger partial charge in [0.1, 0.15) is 16.4 Å². The first-order chi connectivity index (χ1) is 7.43. The second-order valence-electron chi connectivity index (χ2n) is 3.55. The van der Waals surface area contributed by atoms with Gasteiger partial charge in [0, 0.05) is 11.6 Å². The van der Waals surface area contributed by atoms with Crippen molar-refractivity contribution in [1.82, 2.24) is 0 Å². The highest BCUT2D eigenvalue weighted by atomic mass is 35.5. The van der Waals surface area contributed by atoms with Crippen LogP contribution in [0.3, 0.4) is 0 Å². The largest absolute Gasteiger partial charge is 0.508 e. The third kappa shape index (κ3) is 1.68. The zero-order chi connectivity index (χ0) is 11.9. The molecular weight excluding hydrogens is 255 g/mol. The first kappa shape index (κ1) is 11.4. The highest BCUT2D eigenvalue weighted by Gasteiger charge is 2.48. The number of phenols is 1.